The van der Waals surface area contributed by atoms with Crippen molar-refractivity contribution >= 4 is 17.7 Å². The summed E-state index contributed by atoms with van der Waals surface area (Å²) in [7, 11) is 0. The van der Waals surface area contributed by atoms with E-state index >= 15 is 0 Å². The van der Waals surface area contributed by atoms with Crippen LogP contribution in [0.15, 0.2) is 11.5 Å². The molecule has 1 aliphatic carbocycles. The Hall–Kier alpha value is -1.04. The van der Waals surface area contributed by atoms with E-state index in [1.807, 2.05) is 4.57 Å². The molecule has 0 unspecified atom stereocenters. The molecule has 0 bridgehead atoms. The first-order valence-electron chi connectivity index (χ1n) is 5.38. The van der Waals surface area contributed by atoms with Crippen molar-refractivity contribution in [3.05, 3.63) is 6.33 Å². The highest BCUT2D eigenvalue weighted by Crippen LogP contribution is 2.50. The number of carboxylic acid groups (broad SMARTS) is 1. The van der Waals surface area contributed by atoms with Gasteiger partial charge in [0.15, 0.2) is 5.16 Å². The van der Waals surface area contributed by atoms with E-state index in [1.165, 1.54) is 24.6 Å². The van der Waals surface area contributed by atoms with Crippen LogP contribution in [0.3, 0.4) is 0 Å². The Labute approximate surface area is 98.3 Å². The first-order valence-corrected chi connectivity index (χ1v) is 6.36. The highest BCUT2D eigenvalue weighted by Gasteiger charge is 2.41. The molecule has 1 N–H and O–H groups in total. The number of carboxylic acids is 1. The number of rotatable bonds is 6. The lowest BCUT2D eigenvalue weighted by molar-refractivity contribution is -0.133. The summed E-state index contributed by atoms with van der Waals surface area (Å²) in [6.45, 7) is 3.11. The molecule has 1 aliphatic rings. The fourth-order valence-corrected chi connectivity index (χ4v) is 2.39. The molecule has 0 atom stereocenters. The number of carbonyl (C=O) groups is 1. The van der Waals surface area contributed by atoms with E-state index in [9.17, 15) is 4.79 Å². The molecule has 88 valence electrons. The third-order valence-corrected chi connectivity index (χ3v) is 4.08. The van der Waals surface area contributed by atoms with E-state index in [0.29, 0.717) is 10.6 Å². The standard InChI is InChI=1S/C10H15N3O2S/c1-2-10(3-4-10)6-13-7-11-12-9(13)16-5-8(14)15/h7H,2-6H2,1H3,(H,14,15). The maximum absolute atomic E-state index is 10.5. The summed E-state index contributed by atoms with van der Waals surface area (Å²) < 4.78 is 1.98. The van der Waals surface area contributed by atoms with Crippen LogP contribution >= 0.6 is 11.8 Å². The molecular formula is C10H15N3O2S. The van der Waals surface area contributed by atoms with Crippen LogP contribution in [0.2, 0.25) is 0 Å². The van der Waals surface area contributed by atoms with Crippen LogP contribution in [0.5, 0.6) is 0 Å². The molecule has 1 aromatic heterocycles. The lowest BCUT2D eigenvalue weighted by atomic mass is 10.0. The smallest absolute Gasteiger partial charge is 0.313 e. The first-order chi connectivity index (χ1) is 7.65. The summed E-state index contributed by atoms with van der Waals surface area (Å²) in [6.07, 6.45) is 5.36. The van der Waals surface area contributed by atoms with Crippen LogP contribution in [0.1, 0.15) is 26.2 Å². The normalized spacial score (nSPS) is 17.3. The van der Waals surface area contributed by atoms with Crippen LogP contribution in [-0.4, -0.2) is 31.6 Å². The summed E-state index contributed by atoms with van der Waals surface area (Å²) in [5, 5.41) is 17.1. The first kappa shape index (κ1) is 11.4. The van der Waals surface area contributed by atoms with Gasteiger partial charge in [-0.1, -0.05) is 18.7 Å². The number of aliphatic carboxylic acids is 1. The molecule has 0 amide bonds. The Balaban J connectivity index is 1.99. The van der Waals surface area contributed by atoms with E-state index in [-0.39, 0.29) is 5.75 Å². The van der Waals surface area contributed by atoms with Crippen molar-refractivity contribution in [2.45, 2.75) is 37.9 Å². The average Bonchev–Trinajstić information content (AvgIpc) is 2.88. The Morgan fingerprint density at radius 1 is 1.69 bits per heavy atom. The minimum atomic E-state index is -0.823. The number of nitrogens with zero attached hydrogens (tertiary/aromatic N) is 3. The predicted octanol–water partition coefficient (Wildman–Crippen LogP) is 1.65. The summed E-state index contributed by atoms with van der Waals surface area (Å²) in [5.41, 5.74) is 0.418. The van der Waals surface area contributed by atoms with Crippen LogP contribution in [0.25, 0.3) is 0 Å². The summed E-state index contributed by atoms with van der Waals surface area (Å²) in [4.78, 5) is 10.5. The van der Waals surface area contributed by atoms with Gasteiger partial charge in [0.2, 0.25) is 0 Å². The van der Waals surface area contributed by atoms with Crippen molar-refractivity contribution in [1.82, 2.24) is 14.8 Å². The van der Waals surface area contributed by atoms with Gasteiger partial charge in [0.05, 0.1) is 5.75 Å². The zero-order valence-corrected chi connectivity index (χ0v) is 10.0. The Bertz CT molecular complexity index is 387. The van der Waals surface area contributed by atoms with E-state index in [1.54, 1.807) is 6.33 Å². The summed E-state index contributed by atoms with van der Waals surface area (Å²) >= 11 is 1.23. The molecule has 1 aromatic rings. The molecule has 1 heterocycles. The van der Waals surface area contributed by atoms with Gasteiger partial charge < -0.3 is 9.67 Å². The third-order valence-electron chi connectivity index (χ3n) is 3.12. The van der Waals surface area contributed by atoms with Gasteiger partial charge in [-0.2, -0.15) is 0 Å². The molecule has 5 nitrogen and oxygen atoms in total. The van der Waals surface area contributed by atoms with Crippen molar-refractivity contribution in [2.75, 3.05) is 5.75 Å². The monoisotopic (exact) mass is 241 g/mol. The molecule has 6 heteroatoms. The quantitative estimate of drug-likeness (QED) is 0.767. The maximum Gasteiger partial charge on any atom is 0.313 e. The highest BCUT2D eigenvalue weighted by molar-refractivity contribution is 7.99. The van der Waals surface area contributed by atoms with Gasteiger partial charge in [0.25, 0.3) is 0 Å². The van der Waals surface area contributed by atoms with Crippen molar-refractivity contribution < 1.29 is 9.90 Å². The lowest BCUT2D eigenvalue weighted by Gasteiger charge is -2.13. The van der Waals surface area contributed by atoms with Crippen LogP contribution in [-0.2, 0) is 11.3 Å². The molecule has 1 saturated carbocycles. The zero-order chi connectivity index (χ0) is 11.6. The Kier molecular flexibility index (Phi) is 3.18. The van der Waals surface area contributed by atoms with Gasteiger partial charge in [-0.25, -0.2) is 0 Å². The number of hydrogen-bond donors (Lipinski definition) is 1. The minimum Gasteiger partial charge on any atom is -0.481 e. The fourth-order valence-electron chi connectivity index (χ4n) is 1.75. The average molecular weight is 241 g/mol. The zero-order valence-electron chi connectivity index (χ0n) is 9.22. The lowest BCUT2D eigenvalue weighted by Crippen LogP contribution is -2.11. The topological polar surface area (TPSA) is 68.0 Å². The molecule has 1 fully saturated rings. The third kappa shape index (κ3) is 2.55. The second-order valence-corrected chi connectivity index (χ2v) is 5.22. The van der Waals surface area contributed by atoms with Crippen molar-refractivity contribution in [2.24, 2.45) is 5.41 Å². The van der Waals surface area contributed by atoms with E-state index in [2.05, 4.69) is 17.1 Å². The highest BCUT2D eigenvalue weighted by atomic mass is 32.2. The largest absolute Gasteiger partial charge is 0.481 e. The molecule has 0 aromatic carbocycles. The van der Waals surface area contributed by atoms with Gasteiger partial charge >= 0.3 is 5.97 Å². The van der Waals surface area contributed by atoms with Gasteiger partial charge in [-0.3, -0.25) is 4.79 Å². The second kappa shape index (κ2) is 4.45. The molecule has 0 radical (unpaired) electrons. The molecule has 2 rings (SSSR count). The molecule has 0 saturated heterocycles. The van der Waals surface area contributed by atoms with Crippen molar-refractivity contribution in [1.29, 1.82) is 0 Å². The Morgan fingerprint density at radius 2 is 2.44 bits per heavy atom. The van der Waals surface area contributed by atoms with Crippen LogP contribution < -0.4 is 0 Å². The number of thioether (sulfide) groups is 1. The van der Waals surface area contributed by atoms with Crippen molar-refractivity contribution in [3.63, 3.8) is 0 Å². The predicted molar refractivity (Wildman–Crippen MR) is 60.3 cm³/mol. The number of aromatic nitrogens is 3. The second-order valence-electron chi connectivity index (χ2n) is 4.28. The van der Waals surface area contributed by atoms with Gasteiger partial charge in [0.1, 0.15) is 6.33 Å². The molecule has 0 spiro atoms. The fraction of sp³-hybridized carbons (Fsp3) is 0.700. The van der Waals surface area contributed by atoms with Gasteiger partial charge in [0, 0.05) is 6.54 Å². The van der Waals surface area contributed by atoms with Crippen LogP contribution in [0, 0.1) is 5.41 Å². The summed E-state index contributed by atoms with van der Waals surface area (Å²) in [6, 6.07) is 0. The minimum absolute atomic E-state index is 0.0395. The Morgan fingerprint density at radius 3 is 3.00 bits per heavy atom. The van der Waals surface area contributed by atoms with Crippen molar-refractivity contribution in [3.8, 4) is 0 Å². The van der Waals surface area contributed by atoms with E-state index in [4.69, 9.17) is 5.11 Å². The summed E-state index contributed by atoms with van der Waals surface area (Å²) in [5.74, 6) is -0.783. The van der Waals surface area contributed by atoms with E-state index in [0.717, 1.165) is 13.0 Å². The maximum atomic E-state index is 10.5. The molecule has 16 heavy (non-hydrogen) atoms. The SMILES string of the molecule is CCC1(Cn2cnnc2SCC(=O)O)CC1. The number of hydrogen-bond acceptors (Lipinski definition) is 4. The van der Waals surface area contributed by atoms with Gasteiger partial charge in [-0.15, -0.1) is 10.2 Å². The van der Waals surface area contributed by atoms with Crippen LogP contribution in [0.4, 0.5) is 0 Å². The van der Waals surface area contributed by atoms with E-state index < -0.39 is 5.97 Å². The molecular weight excluding hydrogens is 226 g/mol. The van der Waals surface area contributed by atoms with Gasteiger partial charge in [-0.05, 0) is 24.7 Å². The molecule has 0 aliphatic heterocycles.